The average molecular weight is 290 g/mol. The van der Waals surface area contributed by atoms with Gasteiger partial charge in [0.25, 0.3) is 0 Å². The summed E-state index contributed by atoms with van der Waals surface area (Å²) in [6.45, 7) is 1.01. The van der Waals surface area contributed by atoms with Gasteiger partial charge >= 0.3 is 0 Å². The molecule has 5 aliphatic rings. The van der Waals surface area contributed by atoms with E-state index in [0.717, 1.165) is 46.7 Å². The molecule has 4 bridgehead atoms. The fraction of sp³-hybridized carbons (Fsp3) is 0.889. The molecule has 0 aromatic rings. The Balaban J connectivity index is 1.23. The molecule has 20 heavy (non-hydrogen) atoms. The van der Waals surface area contributed by atoms with Crippen LogP contribution < -0.4 is 0 Å². The monoisotopic (exact) mass is 290 g/mol. The fourth-order valence-electron chi connectivity index (χ4n) is 6.27. The number of hydrogen-bond acceptors (Lipinski definition) is 2. The second-order valence-electron chi connectivity index (χ2n) is 7.94. The van der Waals surface area contributed by atoms with Crippen molar-refractivity contribution in [1.29, 1.82) is 0 Å². The summed E-state index contributed by atoms with van der Waals surface area (Å²) in [5.41, 5.74) is 1.57. The smallest absolute Gasteiger partial charge is 0.0912 e. The van der Waals surface area contributed by atoms with Crippen molar-refractivity contribution >= 4 is 11.8 Å². The number of fused-ring (bicyclic) bond motifs is 9. The highest BCUT2D eigenvalue weighted by Crippen LogP contribution is 2.68. The van der Waals surface area contributed by atoms with Gasteiger partial charge in [-0.05, 0) is 80.6 Å². The second-order valence-corrected chi connectivity index (χ2v) is 9.36. The van der Waals surface area contributed by atoms with E-state index < -0.39 is 0 Å². The maximum atomic E-state index is 6.01. The Morgan fingerprint density at radius 1 is 1.05 bits per heavy atom. The molecule has 110 valence electrons. The molecule has 0 spiro atoms. The van der Waals surface area contributed by atoms with E-state index in [1.54, 1.807) is 24.8 Å². The van der Waals surface area contributed by atoms with Crippen LogP contribution in [0.1, 0.15) is 51.4 Å². The van der Waals surface area contributed by atoms with Crippen LogP contribution in [-0.2, 0) is 4.74 Å². The zero-order valence-electron chi connectivity index (χ0n) is 12.3. The maximum absolute atomic E-state index is 6.01. The van der Waals surface area contributed by atoms with E-state index in [9.17, 15) is 0 Å². The topological polar surface area (TPSA) is 9.23 Å². The normalized spacial score (nSPS) is 51.8. The van der Waals surface area contributed by atoms with Crippen LogP contribution >= 0.6 is 11.8 Å². The van der Waals surface area contributed by atoms with Gasteiger partial charge in [0, 0.05) is 16.4 Å². The molecule has 3 aliphatic carbocycles. The van der Waals surface area contributed by atoms with Crippen LogP contribution in [0.4, 0.5) is 0 Å². The van der Waals surface area contributed by atoms with E-state index in [1.807, 2.05) is 0 Å². The van der Waals surface area contributed by atoms with Gasteiger partial charge < -0.3 is 4.74 Å². The quantitative estimate of drug-likeness (QED) is 0.701. The van der Waals surface area contributed by atoms with Crippen LogP contribution in [-0.4, -0.2) is 17.1 Å². The molecule has 0 N–H and O–H groups in total. The first-order valence-corrected chi connectivity index (χ1v) is 9.79. The summed E-state index contributed by atoms with van der Waals surface area (Å²) in [5.74, 6) is 5.29. The highest BCUT2D eigenvalue weighted by atomic mass is 32.2. The predicted octanol–water partition coefficient (Wildman–Crippen LogP) is 4.63. The van der Waals surface area contributed by atoms with Gasteiger partial charge in [-0.15, -0.1) is 0 Å². The highest BCUT2D eigenvalue weighted by Gasteiger charge is 2.62. The molecule has 0 aromatic heterocycles. The zero-order chi connectivity index (χ0) is 13.1. The number of rotatable bonds is 3. The van der Waals surface area contributed by atoms with Gasteiger partial charge in [-0.2, -0.15) is 11.8 Å². The van der Waals surface area contributed by atoms with Crippen LogP contribution in [0.25, 0.3) is 0 Å². The second kappa shape index (κ2) is 4.69. The molecule has 2 heterocycles. The minimum Gasteiger partial charge on any atom is -0.501 e. The summed E-state index contributed by atoms with van der Waals surface area (Å²) in [4.78, 5) is 0. The number of hydrogen-bond donors (Lipinski definition) is 0. The van der Waals surface area contributed by atoms with Gasteiger partial charge in [0.1, 0.15) is 0 Å². The van der Waals surface area contributed by atoms with Crippen molar-refractivity contribution in [1.82, 2.24) is 0 Å². The van der Waals surface area contributed by atoms with Gasteiger partial charge in [0.05, 0.1) is 12.9 Å². The molecule has 0 aromatic carbocycles. The summed E-state index contributed by atoms with van der Waals surface area (Å²) >= 11 is 2.36. The maximum Gasteiger partial charge on any atom is 0.0912 e. The lowest BCUT2D eigenvalue weighted by Gasteiger charge is -2.37. The van der Waals surface area contributed by atoms with E-state index in [0.29, 0.717) is 0 Å². The minimum absolute atomic E-state index is 0.865. The van der Waals surface area contributed by atoms with Crippen molar-refractivity contribution < 1.29 is 4.74 Å². The van der Waals surface area contributed by atoms with E-state index in [-0.39, 0.29) is 0 Å². The van der Waals surface area contributed by atoms with E-state index >= 15 is 0 Å². The SMILES string of the molecule is C(OCC1CC2SC1C1C3CCC(C3)C21)=C1CCCC1. The van der Waals surface area contributed by atoms with Crippen molar-refractivity contribution in [3.63, 3.8) is 0 Å². The molecule has 1 nitrogen and oxygen atoms in total. The Morgan fingerprint density at radius 3 is 2.70 bits per heavy atom. The molecule has 5 fully saturated rings. The molecular weight excluding hydrogens is 264 g/mol. The lowest BCUT2D eigenvalue weighted by Crippen LogP contribution is -2.38. The van der Waals surface area contributed by atoms with Crippen molar-refractivity contribution in [2.75, 3.05) is 6.61 Å². The van der Waals surface area contributed by atoms with E-state index in [2.05, 4.69) is 18.0 Å². The average Bonchev–Trinajstić information content (AvgIpc) is 3.24. The molecule has 7 unspecified atom stereocenters. The van der Waals surface area contributed by atoms with Crippen LogP contribution in [0.15, 0.2) is 11.8 Å². The summed E-state index contributed by atoms with van der Waals surface area (Å²) < 4.78 is 6.01. The first-order valence-electron chi connectivity index (χ1n) is 8.85. The van der Waals surface area contributed by atoms with Gasteiger partial charge in [0.2, 0.25) is 0 Å². The molecule has 3 saturated carbocycles. The highest BCUT2D eigenvalue weighted by molar-refractivity contribution is 8.01. The van der Waals surface area contributed by atoms with Crippen LogP contribution in [0.5, 0.6) is 0 Å². The Kier molecular flexibility index (Phi) is 2.92. The van der Waals surface area contributed by atoms with Crippen molar-refractivity contribution in [2.24, 2.45) is 29.6 Å². The summed E-state index contributed by atoms with van der Waals surface area (Å²) in [7, 11) is 0. The van der Waals surface area contributed by atoms with Gasteiger partial charge in [-0.1, -0.05) is 0 Å². The lowest BCUT2D eigenvalue weighted by molar-refractivity contribution is 0.108. The van der Waals surface area contributed by atoms with Gasteiger partial charge in [-0.3, -0.25) is 0 Å². The standard InChI is InChI=1S/C18H26OS/c1-2-4-11(3-1)9-19-10-14-8-15-16-12-5-6-13(7-12)17(16)18(14)20-15/h9,12-18H,1-8,10H2. The third-order valence-electron chi connectivity index (χ3n) is 6.99. The Bertz CT molecular complexity index is 423. The molecule has 2 aliphatic heterocycles. The predicted molar refractivity (Wildman–Crippen MR) is 83.6 cm³/mol. The van der Waals surface area contributed by atoms with Gasteiger partial charge in [-0.25, -0.2) is 0 Å². The third-order valence-corrected chi connectivity index (χ3v) is 8.86. The van der Waals surface area contributed by atoms with Gasteiger partial charge in [0.15, 0.2) is 0 Å². The Morgan fingerprint density at radius 2 is 1.85 bits per heavy atom. The molecule has 2 saturated heterocycles. The van der Waals surface area contributed by atoms with Crippen molar-refractivity contribution in [3.05, 3.63) is 11.8 Å². The van der Waals surface area contributed by atoms with Crippen molar-refractivity contribution in [3.8, 4) is 0 Å². The van der Waals surface area contributed by atoms with Crippen LogP contribution in [0.2, 0.25) is 0 Å². The minimum atomic E-state index is 0.865. The summed E-state index contributed by atoms with van der Waals surface area (Å²) in [5, 5.41) is 1.97. The summed E-state index contributed by atoms with van der Waals surface area (Å²) in [6.07, 6.45) is 13.6. The molecular formula is C18H26OS. The third kappa shape index (κ3) is 1.76. The molecule has 0 amide bonds. The number of thioether (sulfide) groups is 1. The molecule has 7 atom stereocenters. The Hall–Kier alpha value is -0.110. The lowest BCUT2D eigenvalue weighted by atomic mass is 9.68. The first kappa shape index (κ1) is 12.4. The number of allylic oxidation sites excluding steroid dienone is 1. The Labute approximate surface area is 126 Å². The largest absolute Gasteiger partial charge is 0.501 e. The fourth-order valence-corrected chi connectivity index (χ4v) is 8.62. The molecule has 2 heteroatoms. The number of ether oxygens (including phenoxy) is 1. The van der Waals surface area contributed by atoms with Crippen LogP contribution in [0, 0.1) is 29.6 Å². The molecule has 5 rings (SSSR count). The molecule has 0 radical (unpaired) electrons. The van der Waals surface area contributed by atoms with Crippen LogP contribution in [0.3, 0.4) is 0 Å². The van der Waals surface area contributed by atoms with E-state index in [4.69, 9.17) is 4.74 Å². The summed E-state index contributed by atoms with van der Waals surface area (Å²) in [6, 6.07) is 0. The van der Waals surface area contributed by atoms with E-state index in [1.165, 1.54) is 32.1 Å². The zero-order valence-corrected chi connectivity index (χ0v) is 13.1. The van der Waals surface area contributed by atoms with Crippen molar-refractivity contribution in [2.45, 2.75) is 61.9 Å². The first-order chi connectivity index (χ1) is 9.90.